The SMILES string of the molecule is COC(=O)c1cccc(N=Cc2ccc(OCc3ccc(Br)cc3Br)cc2)c1. The second-order valence-corrected chi connectivity index (χ2v) is 7.66. The summed E-state index contributed by atoms with van der Waals surface area (Å²) >= 11 is 6.98. The molecule has 0 aliphatic rings. The molecule has 3 aromatic rings. The molecule has 28 heavy (non-hydrogen) atoms. The molecule has 0 heterocycles. The second-order valence-electron chi connectivity index (χ2n) is 5.89. The third-order valence-electron chi connectivity index (χ3n) is 3.92. The number of benzene rings is 3. The highest BCUT2D eigenvalue weighted by Gasteiger charge is 2.05. The minimum atomic E-state index is -0.379. The largest absolute Gasteiger partial charge is 0.489 e. The van der Waals surface area contributed by atoms with Crippen molar-refractivity contribution in [3.8, 4) is 5.75 Å². The standard InChI is InChI=1S/C22H17Br2NO3/c1-27-22(26)16-3-2-4-19(11-16)25-13-15-5-9-20(10-6-15)28-14-17-7-8-18(23)12-21(17)24/h2-13H,14H2,1H3. The topological polar surface area (TPSA) is 47.9 Å². The first-order chi connectivity index (χ1) is 13.5. The Labute approximate surface area is 180 Å². The fraction of sp³-hybridized carbons (Fsp3) is 0.0909. The summed E-state index contributed by atoms with van der Waals surface area (Å²) in [7, 11) is 1.36. The Kier molecular flexibility index (Phi) is 7.01. The summed E-state index contributed by atoms with van der Waals surface area (Å²) in [5, 5.41) is 0. The van der Waals surface area contributed by atoms with Crippen molar-refractivity contribution in [2.75, 3.05) is 7.11 Å². The van der Waals surface area contributed by atoms with E-state index in [4.69, 9.17) is 9.47 Å². The molecule has 0 amide bonds. The molecule has 3 rings (SSSR count). The third-order valence-corrected chi connectivity index (χ3v) is 5.15. The average molecular weight is 503 g/mol. The van der Waals surface area contributed by atoms with Crippen molar-refractivity contribution in [2.24, 2.45) is 4.99 Å². The van der Waals surface area contributed by atoms with E-state index in [0.717, 1.165) is 25.8 Å². The Morgan fingerprint density at radius 1 is 1.04 bits per heavy atom. The summed E-state index contributed by atoms with van der Waals surface area (Å²) in [5.41, 5.74) is 3.16. The minimum absolute atomic E-state index is 0.379. The molecule has 6 heteroatoms. The van der Waals surface area contributed by atoms with E-state index >= 15 is 0 Å². The van der Waals surface area contributed by atoms with Crippen LogP contribution >= 0.6 is 31.9 Å². The van der Waals surface area contributed by atoms with Gasteiger partial charge in [-0.1, -0.05) is 44.0 Å². The maximum absolute atomic E-state index is 11.6. The van der Waals surface area contributed by atoms with Crippen molar-refractivity contribution in [1.29, 1.82) is 0 Å². The van der Waals surface area contributed by atoms with Gasteiger partial charge < -0.3 is 9.47 Å². The third kappa shape index (κ3) is 5.53. The Morgan fingerprint density at radius 2 is 1.82 bits per heavy atom. The summed E-state index contributed by atoms with van der Waals surface area (Å²) < 4.78 is 12.6. The fourth-order valence-electron chi connectivity index (χ4n) is 2.43. The first-order valence-electron chi connectivity index (χ1n) is 8.44. The predicted octanol–water partition coefficient (Wildman–Crippen LogP) is 6.33. The Hall–Kier alpha value is -2.44. The van der Waals surface area contributed by atoms with Gasteiger partial charge in [0.15, 0.2) is 0 Å². The average Bonchev–Trinajstić information content (AvgIpc) is 2.72. The highest BCUT2D eigenvalue weighted by Crippen LogP contribution is 2.23. The predicted molar refractivity (Wildman–Crippen MR) is 118 cm³/mol. The van der Waals surface area contributed by atoms with E-state index in [1.165, 1.54) is 7.11 Å². The van der Waals surface area contributed by atoms with E-state index in [9.17, 15) is 4.79 Å². The molecule has 0 aliphatic carbocycles. The zero-order valence-electron chi connectivity index (χ0n) is 15.1. The highest BCUT2D eigenvalue weighted by molar-refractivity contribution is 9.11. The summed E-state index contributed by atoms with van der Waals surface area (Å²) in [4.78, 5) is 16.0. The van der Waals surface area contributed by atoms with Crippen LogP contribution < -0.4 is 4.74 Å². The van der Waals surface area contributed by atoms with Crippen LogP contribution in [-0.2, 0) is 11.3 Å². The number of ether oxygens (including phenoxy) is 2. The highest BCUT2D eigenvalue weighted by atomic mass is 79.9. The van der Waals surface area contributed by atoms with Crippen LogP contribution in [0, 0.1) is 0 Å². The molecule has 0 unspecified atom stereocenters. The van der Waals surface area contributed by atoms with Crippen LogP contribution in [0.2, 0.25) is 0 Å². The number of carbonyl (C=O) groups excluding carboxylic acids is 1. The molecule has 0 atom stereocenters. The van der Waals surface area contributed by atoms with Gasteiger partial charge in [0.05, 0.1) is 18.4 Å². The quantitative estimate of drug-likeness (QED) is 0.292. The number of esters is 1. The van der Waals surface area contributed by atoms with Crippen LogP contribution in [0.25, 0.3) is 0 Å². The van der Waals surface area contributed by atoms with E-state index < -0.39 is 0 Å². The normalized spacial score (nSPS) is 10.8. The van der Waals surface area contributed by atoms with Crippen molar-refractivity contribution in [3.05, 3.63) is 92.4 Å². The number of methoxy groups -OCH3 is 1. The zero-order valence-corrected chi connectivity index (χ0v) is 18.2. The van der Waals surface area contributed by atoms with Gasteiger partial charge in [-0.25, -0.2) is 4.79 Å². The van der Waals surface area contributed by atoms with Crippen molar-refractivity contribution >= 4 is 49.7 Å². The van der Waals surface area contributed by atoms with Crippen molar-refractivity contribution in [2.45, 2.75) is 6.61 Å². The summed E-state index contributed by atoms with van der Waals surface area (Å²) in [5.74, 6) is 0.399. The van der Waals surface area contributed by atoms with Crippen LogP contribution in [0.15, 0.2) is 80.7 Å². The van der Waals surface area contributed by atoms with Crippen LogP contribution in [0.5, 0.6) is 5.75 Å². The number of hydrogen-bond acceptors (Lipinski definition) is 4. The van der Waals surface area contributed by atoms with Gasteiger partial charge in [-0.2, -0.15) is 0 Å². The Bertz CT molecular complexity index is 1000. The maximum Gasteiger partial charge on any atom is 0.337 e. The van der Waals surface area contributed by atoms with Gasteiger partial charge in [-0.15, -0.1) is 0 Å². The number of aliphatic imine (C=N–C) groups is 1. The van der Waals surface area contributed by atoms with Gasteiger partial charge in [0.2, 0.25) is 0 Å². The molecule has 0 radical (unpaired) electrons. The lowest BCUT2D eigenvalue weighted by Crippen LogP contribution is -2.00. The lowest BCUT2D eigenvalue weighted by Gasteiger charge is -2.08. The van der Waals surface area contributed by atoms with Gasteiger partial charge in [0.1, 0.15) is 12.4 Å². The molecule has 4 nitrogen and oxygen atoms in total. The fourth-order valence-corrected chi connectivity index (χ4v) is 3.59. The van der Waals surface area contributed by atoms with E-state index in [1.807, 2.05) is 48.5 Å². The van der Waals surface area contributed by atoms with Gasteiger partial charge >= 0.3 is 5.97 Å². The molecule has 0 aliphatic heterocycles. The molecule has 3 aromatic carbocycles. The molecule has 0 bridgehead atoms. The van der Waals surface area contributed by atoms with E-state index in [-0.39, 0.29) is 5.97 Å². The van der Waals surface area contributed by atoms with E-state index in [1.54, 1.807) is 24.4 Å². The first-order valence-corrected chi connectivity index (χ1v) is 10.0. The lowest BCUT2D eigenvalue weighted by molar-refractivity contribution is 0.0601. The zero-order chi connectivity index (χ0) is 19.9. The van der Waals surface area contributed by atoms with Crippen molar-refractivity contribution in [1.82, 2.24) is 0 Å². The summed E-state index contributed by atoms with van der Waals surface area (Å²) in [6, 6.07) is 20.6. The molecule has 0 aromatic heterocycles. The maximum atomic E-state index is 11.6. The molecular weight excluding hydrogens is 486 g/mol. The second kappa shape index (κ2) is 9.66. The van der Waals surface area contributed by atoms with Gasteiger partial charge in [0, 0.05) is 20.7 Å². The van der Waals surface area contributed by atoms with Crippen LogP contribution in [0.4, 0.5) is 5.69 Å². The molecular formula is C22H17Br2NO3. The molecule has 0 saturated heterocycles. The van der Waals surface area contributed by atoms with Gasteiger partial charge in [-0.05, 0) is 60.2 Å². The smallest absolute Gasteiger partial charge is 0.337 e. The molecule has 0 spiro atoms. The monoisotopic (exact) mass is 501 g/mol. The molecule has 0 saturated carbocycles. The molecule has 0 fully saturated rings. The van der Waals surface area contributed by atoms with Crippen LogP contribution in [0.1, 0.15) is 21.5 Å². The lowest BCUT2D eigenvalue weighted by atomic mass is 10.2. The van der Waals surface area contributed by atoms with Crippen LogP contribution in [-0.4, -0.2) is 19.3 Å². The van der Waals surface area contributed by atoms with E-state index in [0.29, 0.717) is 17.9 Å². The van der Waals surface area contributed by atoms with Gasteiger partial charge in [-0.3, -0.25) is 4.99 Å². The minimum Gasteiger partial charge on any atom is -0.489 e. The molecule has 0 N–H and O–H groups in total. The van der Waals surface area contributed by atoms with Crippen molar-refractivity contribution in [3.63, 3.8) is 0 Å². The first kappa shape index (κ1) is 20.3. The van der Waals surface area contributed by atoms with E-state index in [2.05, 4.69) is 36.9 Å². The number of hydrogen-bond donors (Lipinski definition) is 0. The summed E-state index contributed by atoms with van der Waals surface area (Å²) in [6.07, 6.45) is 1.74. The number of nitrogens with zero attached hydrogens (tertiary/aromatic N) is 1. The summed E-state index contributed by atoms with van der Waals surface area (Å²) in [6.45, 7) is 0.474. The van der Waals surface area contributed by atoms with Crippen molar-refractivity contribution < 1.29 is 14.3 Å². The number of carbonyl (C=O) groups is 1. The van der Waals surface area contributed by atoms with Gasteiger partial charge in [0.25, 0.3) is 0 Å². The number of rotatable bonds is 6. The Morgan fingerprint density at radius 3 is 2.54 bits per heavy atom. The van der Waals surface area contributed by atoms with Crippen LogP contribution in [0.3, 0.4) is 0 Å². The molecule has 142 valence electrons. The Balaban J connectivity index is 1.63. The number of halogens is 2.